The van der Waals surface area contributed by atoms with Crippen molar-refractivity contribution < 1.29 is 31.5 Å². The molecule has 3 aliphatic rings. The molecule has 3 N–H and O–H groups in total. The second kappa shape index (κ2) is 11.7. The van der Waals surface area contributed by atoms with E-state index >= 15 is 0 Å². The van der Waals surface area contributed by atoms with Crippen molar-refractivity contribution in [3.8, 4) is 0 Å². The molecule has 0 aromatic heterocycles. The molecule has 3 fully saturated rings. The molecule has 2 heterocycles. The highest BCUT2D eigenvalue weighted by Crippen LogP contribution is 2.47. The molecular weight excluding hydrogens is 602 g/mol. The van der Waals surface area contributed by atoms with Gasteiger partial charge in [-0.1, -0.05) is 47.5 Å². The van der Waals surface area contributed by atoms with Crippen LogP contribution in [0, 0.1) is 11.8 Å². The number of fused-ring (bicyclic) bond motifs is 1. The Kier molecular flexibility index (Phi) is 8.69. The summed E-state index contributed by atoms with van der Waals surface area (Å²) in [7, 11) is -5.37. The summed E-state index contributed by atoms with van der Waals surface area (Å²) in [6, 6.07) is 13.6. The molecule has 1 amide bonds. The van der Waals surface area contributed by atoms with Gasteiger partial charge in [0.1, 0.15) is 5.60 Å². The van der Waals surface area contributed by atoms with Crippen LogP contribution in [0.15, 0.2) is 48.5 Å². The highest BCUT2D eigenvalue weighted by Gasteiger charge is 2.51. The lowest BCUT2D eigenvalue weighted by Gasteiger charge is -2.49. The number of rotatable bonds is 6. The van der Waals surface area contributed by atoms with Crippen LogP contribution < -0.4 is 10.6 Å². The second-order valence-electron chi connectivity index (χ2n) is 11.2. The zero-order valence-electron chi connectivity index (χ0n) is 22.1. The largest absolute Gasteiger partial charge is 0.511 e. The number of benzene rings is 2. The van der Waals surface area contributed by atoms with Crippen LogP contribution in [-0.4, -0.2) is 60.5 Å². The van der Waals surface area contributed by atoms with Crippen LogP contribution in [0.25, 0.3) is 0 Å². The highest BCUT2D eigenvalue weighted by molar-refractivity contribution is 7.90. The maximum Gasteiger partial charge on any atom is 0.511 e. The minimum absolute atomic E-state index is 0.0467. The lowest BCUT2D eigenvalue weighted by molar-refractivity contribution is -0.127. The normalized spacial score (nSPS) is 26.8. The average Bonchev–Trinajstić information content (AvgIpc) is 2.93. The van der Waals surface area contributed by atoms with Crippen molar-refractivity contribution in [3.05, 3.63) is 69.7 Å². The first-order valence-corrected chi connectivity index (χ1v) is 15.8. The Hall–Kier alpha value is -1.89. The van der Waals surface area contributed by atoms with Crippen molar-refractivity contribution in [1.29, 1.82) is 0 Å². The van der Waals surface area contributed by atoms with Gasteiger partial charge in [0.2, 0.25) is 5.91 Å². The third kappa shape index (κ3) is 6.12. The fraction of sp³-hybridized carbons (Fsp3) is 0.536. The lowest BCUT2D eigenvalue weighted by Crippen LogP contribution is -2.61. The third-order valence-electron chi connectivity index (χ3n) is 8.86. The Morgan fingerprint density at radius 2 is 1.44 bits per heavy atom. The van der Waals surface area contributed by atoms with Gasteiger partial charge in [-0.3, -0.25) is 4.79 Å². The number of amides is 1. The maximum atomic E-state index is 13.0. The van der Waals surface area contributed by atoms with E-state index < -0.39 is 21.1 Å². The molecule has 2 aromatic rings. The number of hydrogen-bond acceptors (Lipinski definition) is 5. The summed E-state index contributed by atoms with van der Waals surface area (Å²) in [5.74, 6) is -0.372. The minimum Gasteiger partial charge on any atom is -0.380 e. The standard InChI is InChI=1S/C28H32Cl2F3N3O4S/c29-20-6-1-17(2-7-20)27(38,18-3-8-21(30)9-4-18)19-5-10-24-23(15-19)25(16-26(37)35-24)34-22-11-13-36(14-12-22)41(39,40)28(31,32)33/h1-4,6-9,19,22-25,34,38H,5,10-16H2,(H,35,37). The van der Waals surface area contributed by atoms with Crippen molar-refractivity contribution in [1.82, 2.24) is 14.9 Å². The van der Waals surface area contributed by atoms with Gasteiger partial charge in [0.05, 0.1) is 0 Å². The summed E-state index contributed by atoms with van der Waals surface area (Å²) in [6.07, 6.45) is 2.46. The number of sulfonamides is 1. The first-order chi connectivity index (χ1) is 19.3. The molecule has 2 aliphatic heterocycles. The predicted octanol–water partition coefficient (Wildman–Crippen LogP) is 4.81. The van der Waals surface area contributed by atoms with Gasteiger partial charge in [0.25, 0.3) is 0 Å². The van der Waals surface area contributed by atoms with Crippen LogP contribution in [0.4, 0.5) is 13.2 Å². The van der Waals surface area contributed by atoms with Crippen molar-refractivity contribution in [3.63, 3.8) is 0 Å². The summed E-state index contributed by atoms with van der Waals surface area (Å²) in [6.45, 7) is -0.496. The van der Waals surface area contributed by atoms with E-state index in [9.17, 15) is 31.5 Å². The summed E-state index contributed by atoms with van der Waals surface area (Å²) in [5.41, 5.74) is -5.31. The van der Waals surface area contributed by atoms with E-state index in [4.69, 9.17) is 23.2 Å². The van der Waals surface area contributed by atoms with Crippen LogP contribution in [0.1, 0.15) is 49.7 Å². The van der Waals surface area contributed by atoms with Crippen molar-refractivity contribution >= 4 is 39.1 Å². The van der Waals surface area contributed by atoms with Crippen LogP contribution in [0.2, 0.25) is 10.0 Å². The van der Waals surface area contributed by atoms with E-state index in [0.29, 0.717) is 44.7 Å². The molecule has 4 atom stereocenters. The Morgan fingerprint density at radius 3 is 1.95 bits per heavy atom. The molecule has 5 rings (SSSR count). The Labute approximate surface area is 247 Å². The quantitative estimate of drug-likeness (QED) is 0.424. The first-order valence-electron chi connectivity index (χ1n) is 13.7. The number of nitrogens with zero attached hydrogens (tertiary/aromatic N) is 1. The fourth-order valence-corrected chi connectivity index (χ4v) is 8.00. The zero-order chi connectivity index (χ0) is 29.6. The molecule has 41 heavy (non-hydrogen) atoms. The molecule has 224 valence electrons. The number of aliphatic hydroxyl groups is 1. The molecule has 7 nitrogen and oxygen atoms in total. The molecule has 0 radical (unpaired) electrons. The van der Waals surface area contributed by atoms with Gasteiger partial charge in [0.15, 0.2) is 0 Å². The van der Waals surface area contributed by atoms with E-state index in [0.717, 1.165) is 0 Å². The molecule has 2 aromatic carbocycles. The summed E-state index contributed by atoms with van der Waals surface area (Å²) >= 11 is 12.3. The molecule has 13 heteroatoms. The molecule has 1 aliphatic carbocycles. The van der Waals surface area contributed by atoms with Gasteiger partial charge in [-0.2, -0.15) is 17.5 Å². The molecule has 2 saturated heterocycles. The first kappa shape index (κ1) is 30.6. The number of piperidine rings is 2. The van der Waals surface area contributed by atoms with E-state index in [1.165, 1.54) is 0 Å². The van der Waals surface area contributed by atoms with E-state index in [1.54, 1.807) is 24.3 Å². The summed E-state index contributed by atoms with van der Waals surface area (Å²) < 4.78 is 63.2. The van der Waals surface area contributed by atoms with Crippen molar-refractivity contribution in [2.24, 2.45) is 11.8 Å². The Morgan fingerprint density at radius 1 is 0.902 bits per heavy atom. The van der Waals surface area contributed by atoms with E-state index in [2.05, 4.69) is 10.6 Å². The predicted molar refractivity (Wildman–Crippen MR) is 150 cm³/mol. The molecule has 0 bridgehead atoms. The van der Waals surface area contributed by atoms with E-state index in [1.807, 2.05) is 24.3 Å². The monoisotopic (exact) mass is 633 g/mol. The molecule has 0 spiro atoms. The smallest absolute Gasteiger partial charge is 0.380 e. The van der Waals surface area contributed by atoms with Crippen LogP contribution >= 0.6 is 23.2 Å². The molecular formula is C28H32Cl2F3N3O4S. The Bertz CT molecular complexity index is 1310. The van der Waals surface area contributed by atoms with Crippen LogP contribution in [0.5, 0.6) is 0 Å². The molecule has 4 unspecified atom stereocenters. The topological polar surface area (TPSA) is 98.7 Å². The van der Waals surface area contributed by atoms with Gasteiger partial charge in [-0.15, -0.1) is 0 Å². The third-order valence-corrected chi connectivity index (χ3v) is 11.0. The second-order valence-corrected chi connectivity index (χ2v) is 14.0. The van der Waals surface area contributed by atoms with Gasteiger partial charge in [0, 0.05) is 47.7 Å². The van der Waals surface area contributed by atoms with Gasteiger partial charge in [-0.05, 0) is 79.3 Å². The highest BCUT2D eigenvalue weighted by atomic mass is 35.5. The summed E-state index contributed by atoms with van der Waals surface area (Å²) in [5, 5.41) is 20.1. The number of alkyl halides is 3. The maximum absolute atomic E-state index is 13.0. The zero-order valence-corrected chi connectivity index (χ0v) is 24.4. The van der Waals surface area contributed by atoms with Crippen molar-refractivity contribution in [2.75, 3.05) is 13.1 Å². The minimum atomic E-state index is -5.37. The van der Waals surface area contributed by atoms with Gasteiger partial charge in [-0.25, -0.2) is 8.42 Å². The number of nitrogens with one attached hydrogen (secondary N) is 2. The number of carbonyl (C=O) groups is 1. The summed E-state index contributed by atoms with van der Waals surface area (Å²) in [4.78, 5) is 12.6. The SMILES string of the molecule is O=C1CC(NC2CCN(S(=O)(=O)C(F)(F)F)CC2)C2CC(C(O)(c3ccc(Cl)cc3)c3ccc(Cl)cc3)CCC2N1. The Balaban J connectivity index is 1.36. The van der Waals surface area contributed by atoms with Crippen LogP contribution in [0.3, 0.4) is 0 Å². The van der Waals surface area contributed by atoms with Gasteiger partial charge < -0.3 is 15.7 Å². The van der Waals surface area contributed by atoms with E-state index in [-0.39, 0.29) is 68.2 Å². The average molecular weight is 635 g/mol. The van der Waals surface area contributed by atoms with Crippen LogP contribution in [-0.2, 0) is 20.4 Å². The number of hydrogen-bond donors (Lipinski definition) is 3. The fourth-order valence-electron chi connectivity index (χ4n) is 6.77. The number of halogens is 5. The molecule has 1 saturated carbocycles. The number of carbonyl (C=O) groups excluding carboxylic acids is 1. The lowest BCUT2D eigenvalue weighted by atomic mass is 9.63. The van der Waals surface area contributed by atoms with Gasteiger partial charge >= 0.3 is 15.5 Å². The van der Waals surface area contributed by atoms with Crippen molar-refractivity contribution in [2.45, 2.75) is 67.8 Å².